The minimum atomic E-state index is -0.0231. The number of amides is 1. The molecule has 0 fully saturated rings. The summed E-state index contributed by atoms with van der Waals surface area (Å²) in [6.07, 6.45) is 0.207. The number of hydrogen-bond donors (Lipinski definition) is 0. The molecule has 0 spiro atoms. The molecule has 0 radical (unpaired) electrons. The van der Waals surface area contributed by atoms with Gasteiger partial charge in [0.05, 0.1) is 38.6 Å². The largest absolute Gasteiger partial charge is 0.493 e. The van der Waals surface area contributed by atoms with Crippen LogP contribution < -0.4 is 14.2 Å². The van der Waals surface area contributed by atoms with Gasteiger partial charge >= 0.3 is 0 Å². The third-order valence-corrected chi connectivity index (χ3v) is 4.79. The molecule has 0 N–H and O–H groups in total. The number of hydrogen-bond acceptors (Lipinski definition) is 5. The van der Waals surface area contributed by atoms with Crippen molar-refractivity contribution in [3.05, 3.63) is 39.0 Å². The summed E-state index contributed by atoms with van der Waals surface area (Å²) in [5.41, 5.74) is 0.746. The molecule has 0 aliphatic carbocycles. The molecule has 0 saturated carbocycles. The Balaban J connectivity index is 2.15. The van der Waals surface area contributed by atoms with Crippen molar-refractivity contribution < 1.29 is 19.0 Å². The van der Waals surface area contributed by atoms with Crippen LogP contribution in [0.4, 0.5) is 0 Å². The lowest BCUT2D eigenvalue weighted by atomic mass is 10.1. The monoisotopic (exact) mass is 369 g/mol. The van der Waals surface area contributed by atoms with Gasteiger partial charge in [0, 0.05) is 17.5 Å². The molecule has 130 valence electrons. The summed E-state index contributed by atoms with van der Waals surface area (Å²) in [4.78, 5) is 15.2. The number of rotatable bonds is 7. The van der Waals surface area contributed by atoms with Gasteiger partial charge in [-0.3, -0.25) is 4.79 Å². The molecule has 0 aliphatic heterocycles. The summed E-state index contributed by atoms with van der Waals surface area (Å²) in [7, 11) is 6.41. The van der Waals surface area contributed by atoms with Crippen LogP contribution in [0.25, 0.3) is 0 Å². The summed E-state index contributed by atoms with van der Waals surface area (Å²) < 4.78 is 16.7. The maximum atomic E-state index is 12.5. The van der Waals surface area contributed by atoms with Crippen molar-refractivity contribution in [2.24, 2.45) is 0 Å². The van der Waals surface area contributed by atoms with E-state index in [-0.39, 0.29) is 12.3 Å². The van der Waals surface area contributed by atoms with Crippen LogP contribution in [0, 0.1) is 0 Å². The minimum Gasteiger partial charge on any atom is -0.493 e. The first-order chi connectivity index (χ1) is 11.5. The topological polar surface area (TPSA) is 48.0 Å². The van der Waals surface area contributed by atoms with Crippen molar-refractivity contribution in [2.45, 2.75) is 13.0 Å². The number of nitrogens with zero attached hydrogens (tertiary/aromatic N) is 1. The standard InChI is InChI=1S/C17H20ClNO4S/c1-19(10-12-6-8-14(18)24-12)15(20)9-11-5-7-13(21-2)17(23-4)16(11)22-3/h5-8H,9-10H2,1-4H3. The van der Waals surface area contributed by atoms with Gasteiger partial charge < -0.3 is 19.1 Å². The van der Waals surface area contributed by atoms with Gasteiger partial charge in [-0.25, -0.2) is 0 Å². The lowest BCUT2D eigenvalue weighted by Gasteiger charge is -2.19. The lowest BCUT2D eigenvalue weighted by Crippen LogP contribution is -2.27. The van der Waals surface area contributed by atoms with Gasteiger partial charge in [0.15, 0.2) is 11.5 Å². The fraction of sp³-hybridized carbons (Fsp3) is 0.353. The number of carbonyl (C=O) groups is 1. The number of thiophene rings is 1. The van der Waals surface area contributed by atoms with E-state index in [1.165, 1.54) is 11.3 Å². The second-order valence-corrected chi connectivity index (χ2v) is 6.93. The smallest absolute Gasteiger partial charge is 0.227 e. The summed E-state index contributed by atoms with van der Waals surface area (Å²) in [6.45, 7) is 0.520. The highest BCUT2D eigenvalue weighted by molar-refractivity contribution is 7.16. The van der Waals surface area contributed by atoms with E-state index >= 15 is 0 Å². The molecule has 1 heterocycles. The van der Waals surface area contributed by atoms with E-state index in [4.69, 9.17) is 25.8 Å². The average Bonchev–Trinajstić information content (AvgIpc) is 2.98. The summed E-state index contributed by atoms with van der Waals surface area (Å²) >= 11 is 7.40. The molecule has 2 aromatic rings. The van der Waals surface area contributed by atoms with E-state index in [0.717, 1.165) is 10.4 Å². The summed E-state index contributed by atoms with van der Waals surface area (Å²) in [5, 5.41) is 0. The highest BCUT2D eigenvalue weighted by Crippen LogP contribution is 2.40. The Morgan fingerprint density at radius 1 is 1.08 bits per heavy atom. The van der Waals surface area contributed by atoms with Crippen LogP contribution >= 0.6 is 22.9 Å². The van der Waals surface area contributed by atoms with Gasteiger partial charge in [-0.1, -0.05) is 17.7 Å². The fourth-order valence-electron chi connectivity index (χ4n) is 2.36. The molecule has 7 heteroatoms. The number of likely N-dealkylation sites (N-methyl/N-ethyl adjacent to an activating group) is 1. The highest BCUT2D eigenvalue weighted by Gasteiger charge is 2.19. The zero-order valence-corrected chi connectivity index (χ0v) is 15.7. The van der Waals surface area contributed by atoms with Crippen LogP contribution in [-0.4, -0.2) is 39.2 Å². The van der Waals surface area contributed by atoms with Crippen molar-refractivity contribution in [3.8, 4) is 17.2 Å². The van der Waals surface area contributed by atoms with E-state index in [2.05, 4.69) is 0 Å². The van der Waals surface area contributed by atoms with Crippen LogP contribution in [0.2, 0.25) is 4.34 Å². The number of ether oxygens (including phenoxy) is 3. The maximum Gasteiger partial charge on any atom is 0.227 e. The molecule has 2 rings (SSSR count). The lowest BCUT2D eigenvalue weighted by molar-refractivity contribution is -0.129. The molecule has 0 aliphatic rings. The molecular formula is C17H20ClNO4S. The zero-order valence-electron chi connectivity index (χ0n) is 14.1. The van der Waals surface area contributed by atoms with Gasteiger partial charge in [0.1, 0.15) is 0 Å². The minimum absolute atomic E-state index is 0.0231. The van der Waals surface area contributed by atoms with Crippen LogP contribution in [-0.2, 0) is 17.8 Å². The second-order valence-electron chi connectivity index (χ2n) is 5.13. The van der Waals surface area contributed by atoms with Gasteiger partial charge in [-0.15, -0.1) is 11.3 Å². The molecule has 0 saturated heterocycles. The molecule has 1 aromatic heterocycles. The van der Waals surface area contributed by atoms with Gasteiger partial charge in [0.2, 0.25) is 11.7 Å². The third-order valence-electron chi connectivity index (χ3n) is 3.58. The van der Waals surface area contributed by atoms with Crippen LogP contribution in [0.1, 0.15) is 10.4 Å². The van der Waals surface area contributed by atoms with E-state index in [1.807, 2.05) is 18.2 Å². The average molecular weight is 370 g/mol. The van der Waals surface area contributed by atoms with Crippen LogP contribution in [0.5, 0.6) is 17.2 Å². The molecule has 0 atom stereocenters. The van der Waals surface area contributed by atoms with Crippen LogP contribution in [0.15, 0.2) is 24.3 Å². The quantitative estimate of drug-likeness (QED) is 0.747. The molecule has 0 unspecified atom stereocenters. The predicted octanol–water partition coefficient (Wildman–Crippen LogP) is 3.63. The number of benzene rings is 1. The molecule has 0 bridgehead atoms. The van der Waals surface area contributed by atoms with E-state index in [9.17, 15) is 4.79 Å². The van der Waals surface area contributed by atoms with Crippen molar-refractivity contribution in [3.63, 3.8) is 0 Å². The second kappa shape index (κ2) is 8.26. The number of carbonyl (C=O) groups excluding carboxylic acids is 1. The Bertz CT molecular complexity index is 717. The number of halogens is 1. The first-order valence-corrected chi connectivity index (χ1v) is 8.45. The zero-order chi connectivity index (χ0) is 17.7. The normalized spacial score (nSPS) is 10.4. The van der Waals surface area contributed by atoms with Crippen molar-refractivity contribution in [2.75, 3.05) is 28.4 Å². The molecule has 1 aromatic carbocycles. The third kappa shape index (κ3) is 4.13. The summed E-state index contributed by atoms with van der Waals surface area (Å²) in [5.74, 6) is 1.54. The van der Waals surface area contributed by atoms with E-state index in [0.29, 0.717) is 28.1 Å². The van der Waals surface area contributed by atoms with Crippen molar-refractivity contribution in [1.29, 1.82) is 0 Å². The highest BCUT2D eigenvalue weighted by atomic mass is 35.5. The van der Waals surface area contributed by atoms with Crippen LogP contribution in [0.3, 0.4) is 0 Å². The molecule has 5 nitrogen and oxygen atoms in total. The Kier molecular flexibility index (Phi) is 6.34. The van der Waals surface area contributed by atoms with E-state index in [1.54, 1.807) is 39.3 Å². The van der Waals surface area contributed by atoms with Crippen molar-refractivity contribution in [1.82, 2.24) is 4.90 Å². The maximum absolute atomic E-state index is 12.5. The Morgan fingerprint density at radius 2 is 1.79 bits per heavy atom. The Morgan fingerprint density at radius 3 is 2.33 bits per heavy atom. The molecule has 1 amide bonds. The molecule has 24 heavy (non-hydrogen) atoms. The SMILES string of the molecule is COc1ccc(CC(=O)N(C)Cc2ccc(Cl)s2)c(OC)c1OC. The first kappa shape index (κ1) is 18.4. The fourth-order valence-corrected chi connectivity index (χ4v) is 3.50. The van der Waals surface area contributed by atoms with Gasteiger partial charge in [0.25, 0.3) is 0 Å². The van der Waals surface area contributed by atoms with Crippen molar-refractivity contribution >= 4 is 28.8 Å². The number of methoxy groups -OCH3 is 3. The van der Waals surface area contributed by atoms with Gasteiger partial charge in [-0.2, -0.15) is 0 Å². The molecular weight excluding hydrogens is 350 g/mol. The Labute approximate surface area is 150 Å². The van der Waals surface area contributed by atoms with E-state index < -0.39 is 0 Å². The Hall–Kier alpha value is -1.92. The predicted molar refractivity (Wildman–Crippen MR) is 95.6 cm³/mol. The first-order valence-electron chi connectivity index (χ1n) is 7.26. The summed E-state index contributed by atoms with van der Waals surface area (Å²) in [6, 6.07) is 7.34. The van der Waals surface area contributed by atoms with Gasteiger partial charge in [-0.05, 0) is 18.2 Å².